The fourth-order valence-corrected chi connectivity index (χ4v) is 5.32. The Morgan fingerprint density at radius 3 is 2.70 bits per heavy atom. The predicted octanol–water partition coefficient (Wildman–Crippen LogP) is 1.68. The summed E-state index contributed by atoms with van der Waals surface area (Å²) in [6.45, 7) is 2.75. The molecule has 164 valence electrons. The van der Waals surface area contributed by atoms with Crippen molar-refractivity contribution in [2.24, 2.45) is 0 Å². The van der Waals surface area contributed by atoms with Gasteiger partial charge in [-0.2, -0.15) is 22.1 Å². The molecule has 2 aliphatic rings. The second-order valence-electron chi connectivity index (χ2n) is 7.36. The number of morpholine rings is 1. The Labute approximate surface area is 173 Å². The zero-order valence-electron chi connectivity index (χ0n) is 16.4. The van der Waals surface area contributed by atoms with Gasteiger partial charge in [0.2, 0.25) is 0 Å². The van der Waals surface area contributed by atoms with E-state index in [1.807, 2.05) is 6.07 Å². The minimum absolute atomic E-state index is 0.0259. The van der Waals surface area contributed by atoms with Gasteiger partial charge in [-0.05, 0) is 24.6 Å². The Morgan fingerprint density at radius 1 is 1.13 bits per heavy atom. The third-order valence-corrected chi connectivity index (χ3v) is 7.38. The number of hydrogen-bond acceptors (Lipinski definition) is 5. The van der Waals surface area contributed by atoms with Gasteiger partial charge in [-0.25, -0.2) is 8.78 Å². The van der Waals surface area contributed by atoms with E-state index in [4.69, 9.17) is 9.47 Å². The lowest BCUT2D eigenvalue weighted by Crippen LogP contribution is -2.47. The average molecular weight is 442 g/mol. The van der Waals surface area contributed by atoms with Gasteiger partial charge in [0.15, 0.2) is 11.6 Å². The fourth-order valence-electron chi connectivity index (χ4n) is 3.68. The number of nitrogens with one attached hydrogen (secondary N) is 1. The van der Waals surface area contributed by atoms with Crippen LogP contribution in [-0.2, 0) is 21.4 Å². The summed E-state index contributed by atoms with van der Waals surface area (Å²) in [5.41, 5.74) is 1.65. The molecule has 1 N–H and O–H groups in total. The van der Waals surface area contributed by atoms with E-state index in [0.29, 0.717) is 52.2 Å². The lowest BCUT2D eigenvalue weighted by molar-refractivity contribution is 0.0705. The van der Waals surface area contributed by atoms with Gasteiger partial charge in [0.25, 0.3) is 10.2 Å². The largest absolute Gasteiger partial charge is 0.493 e. The molecular formula is C19H24F2N4O4S. The Hall–Kier alpha value is -2.08. The standard InChI is InChI=1S/C19H24F2N4O4S/c20-17-2-1-16(12-18(17)21)29-8-4-15-11-19(23-22-15)14-3-5-25(13-14)30(26,27)24-6-9-28-10-7-24/h1-2,11-12,14H,3-10,13H2,(H,22,23)/t14-/m1/s1. The van der Waals surface area contributed by atoms with Gasteiger partial charge in [-0.3, -0.25) is 5.10 Å². The van der Waals surface area contributed by atoms with Crippen molar-refractivity contribution in [3.8, 4) is 5.75 Å². The van der Waals surface area contributed by atoms with Gasteiger partial charge in [0, 0.05) is 50.3 Å². The van der Waals surface area contributed by atoms with Crippen LogP contribution in [0.5, 0.6) is 5.75 Å². The second-order valence-corrected chi connectivity index (χ2v) is 9.28. The highest BCUT2D eigenvalue weighted by Crippen LogP contribution is 2.29. The van der Waals surface area contributed by atoms with Crippen LogP contribution in [0.2, 0.25) is 0 Å². The van der Waals surface area contributed by atoms with Crippen molar-refractivity contribution in [3.63, 3.8) is 0 Å². The Kier molecular flexibility index (Phi) is 6.32. The van der Waals surface area contributed by atoms with Crippen LogP contribution in [0.25, 0.3) is 0 Å². The van der Waals surface area contributed by atoms with Crippen molar-refractivity contribution in [3.05, 3.63) is 47.3 Å². The van der Waals surface area contributed by atoms with Crippen LogP contribution in [0, 0.1) is 11.6 Å². The summed E-state index contributed by atoms with van der Waals surface area (Å²) in [6.07, 6.45) is 1.22. The lowest BCUT2D eigenvalue weighted by atomic mass is 10.0. The molecular weight excluding hydrogens is 418 g/mol. The Bertz CT molecular complexity index is 979. The Balaban J connectivity index is 1.30. The molecule has 1 atom stereocenters. The highest BCUT2D eigenvalue weighted by molar-refractivity contribution is 7.86. The molecule has 0 bridgehead atoms. The summed E-state index contributed by atoms with van der Waals surface area (Å²) in [5.74, 6) is -1.58. The molecule has 0 spiro atoms. The van der Waals surface area contributed by atoms with Crippen LogP contribution >= 0.6 is 0 Å². The fraction of sp³-hybridized carbons (Fsp3) is 0.526. The summed E-state index contributed by atoms with van der Waals surface area (Å²) in [4.78, 5) is 0. The van der Waals surface area contributed by atoms with Gasteiger partial charge in [0.05, 0.1) is 25.5 Å². The number of H-pyrrole nitrogens is 1. The van der Waals surface area contributed by atoms with E-state index in [1.165, 1.54) is 14.7 Å². The molecule has 0 radical (unpaired) electrons. The SMILES string of the molecule is O=S(=O)(N1CCOCC1)N1CC[C@@H](c2cc(CCOc3ccc(F)c(F)c3)[nH]n2)C1. The molecule has 0 unspecified atom stereocenters. The first kappa shape index (κ1) is 21.2. The lowest BCUT2D eigenvalue weighted by Gasteiger charge is -2.30. The number of nitrogens with zero attached hydrogens (tertiary/aromatic N) is 3. The van der Waals surface area contributed by atoms with Crippen molar-refractivity contribution in [1.82, 2.24) is 18.8 Å². The molecule has 8 nitrogen and oxygen atoms in total. The zero-order chi connectivity index (χ0) is 21.1. The van der Waals surface area contributed by atoms with Crippen molar-refractivity contribution in [1.29, 1.82) is 0 Å². The van der Waals surface area contributed by atoms with Crippen molar-refractivity contribution < 1.29 is 26.7 Å². The first-order valence-corrected chi connectivity index (χ1v) is 11.3. The number of halogens is 2. The molecule has 0 amide bonds. The summed E-state index contributed by atoms with van der Waals surface area (Å²) in [5, 5.41) is 7.28. The number of aromatic nitrogens is 2. The Morgan fingerprint density at radius 2 is 1.93 bits per heavy atom. The number of benzene rings is 1. The third kappa shape index (κ3) is 4.64. The summed E-state index contributed by atoms with van der Waals surface area (Å²) < 4.78 is 65.4. The molecule has 30 heavy (non-hydrogen) atoms. The molecule has 4 rings (SSSR count). The van der Waals surface area contributed by atoms with Crippen LogP contribution in [0.1, 0.15) is 23.7 Å². The minimum atomic E-state index is -3.48. The van der Waals surface area contributed by atoms with E-state index in [-0.39, 0.29) is 18.3 Å². The molecule has 0 aliphatic carbocycles. The van der Waals surface area contributed by atoms with Crippen LogP contribution in [0.4, 0.5) is 8.78 Å². The van der Waals surface area contributed by atoms with E-state index in [0.717, 1.165) is 23.5 Å². The van der Waals surface area contributed by atoms with Crippen molar-refractivity contribution >= 4 is 10.2 Å². The molecule has 3 heterocycles. The number of ether oxygens (including phenoxy) is 2. The molecule has 2 aliphatic heterocycles. The molecule has 0 saturated carbocycles. The van der Waals surface area contributed by atoms with E-state index in [2.05, 4.69) is 10.2 Å². The predicted molar refractivity (Wildman–Crippen MR) is 104 cm³/mol. The maximum atomic E-state index is 13.2. The summed E-state index contributed by atoms with van der Waals surface area (Å²) in [7, 11) is -3.48. The topological polar surface area (TPSA) is 87.8 Å². The normalized spacial score (nSPS) is 21.2. The first-order chi connectivity index (χ1) is 14.4. The van der Waals surface area contributed by atoms with Crippen LogP contribution < -0.4 is 4.74 Å². The molecule has 2 fully saturated rings. The monoisotopic (exact) mass is 442 g/mol. The van der Waals surface area contributed by atoms with Crippen LogP contribution in [0.15, 0.2) is 24.3 Å². The number of aromatic amines is 1. The maximum Gasteiger partial charge on any atom is 0.282 e. The maximum absolute atomic E-state index is 13.2. The van der Waals surface area contributed by atoms with E-state index < -0.39 is 21.8 Å². The first-order valence-electron chi connectivity index (χ1n) is 9.88. The second kappa shape index (κ2) is 8.96. The van der Waals surface area contributed by atoms with E-state index in [1.54, 1.807) is 0 Å². The molecule has 1 aromatic carbocycles. The van der Waals surface area contributed by atoms with Gasteiger partial charge >= 0.3 is 0 Å². The van der Waals surface area contributed by atoms with Gasteiger partial charge < -0.3 is 9.47 Å². The highest BCUT2D eigenvalue weighted by Gasteiger charge is 2.37. The van der Waals surface area contributed by atoms with E-state index >= 15 is 0 Å². The average Bonchev–Trinajstić information content (AvgIpc) is 3.41. The van der Waals surface area contributed by atoms with Gasteiger partial charge in [0.1, 0.15) is 5.75 Å². The third-order valence-electron chi connectivity index (χ3n) is 5.37. The number of hydrogen-bond donors (Lipinski definition) is 1. The quantitative estimate of drug-likeness (QED) is 0.705. The van der Waals surface area contributed by atoms with Gasteiger partial charge in [-0.1, -0.05) is 0 Å². The number of rotatable bonds is 7. The molecule has 2 saturated heterocycles. The smallest absolute Gasteiger partial charge is 0.282 e. The van der Waals surface area contributed by atoms with E-state index in [9.17, 15) is 17.2 Å². The van der Waals surface area contributed by atoms with Crippen LogP contribution in [-0.4, -0.2) is 73.2 Å². The van der Waals surface area contributed by atoms with Crippen molar-refractivity contribution in [2.45, 2.75) is 18.8 Å². The molecule has 1 aromatic heterocycles. The molecule has 11 heteroatoms. The molecule has 2 aromatic rings. The summed E-state index contributed by atoms with van der Waals surface area (Å²) >= 11 is 0. The highest BCUT2D eigenvalue weighted by atomic mass is 32.2. The summed E-state index contributed by atoms with van der Waals surface area (Å²) in [6, 6.07) is 5.31. The van der Waals surface area contributed by atoms with Gasteiger partial charge in [-0.15, -0.1) is 0 Å². The van der Waals surface area contributed by atoms with Crippen LogP contribution in [0.3, 0.4) is 0 Å². The zero-order valence-corrected chi connectivity index (χ0v) is 17.2. The minimum Gasteiger partial charge on any atom is -0.493 e. The van der Waals surface area contributed by atoms with Crippen molar-refractivity contribution in [2.75, 3.05) is 46.0 Å².